The number of nitrogens with zero attached hydrogens (tertiary/aromatic N) is 2. The van der Waals surface area contributed by atoms with Crippen molar-refractivity contribution in [2.24, 2.45) is 0 Å². The van der Waals surface area contributed by atoms with Gasteiger partial charge in [0.2, 0.25) is 5.91 Å². The molecule has 2 N–H and O–H groups in total. The maximum atomic E-state index is 12.8. The number of benzene rings is 2. The van der Waals surface area contributed by atoms with Crippen molar-refractivity contribution in [3.05, 3.63) is 69.8 Å². The number of nitro benzene ring substituents is 1. The number of hydrogen-bond donors (Lipinski definition) is 2. The van der Waals surface area contributed by atoms with Gasteiger partial charge in [0.05, 0.1) is 4.92 Å². The van der Waals surface area contributed by atoms with Crippen molar-refractivity contribution < 1.29 is 19.3 Å². The van der Waals surface area contributed by atoms with Gasteiger partial charge in [-0.15, -0.1) is 0 Å². The van der Waals surface area contributed by atoms with E-state index in [9.17, 15) is 24.5 Å². The zero-order valence-electron chi connectivity index (χ0n) is 15.3. The highest BCUT2D eigenvalue weighted by Gasteiger charge is 2.49. The smallest absolute Gasteiger partial charge is 0.325 e. The molecule has 28 heavy (non-hydrogen) atoms. The second-order valence-electron chi connectivity index (χ2n) is 6.67. The van der Waals surface area contributed by atoms with Crippen molar-refractivity contribution in [2.45, 2.75) is 19.4 Å². The fourth-order valence-corrected chi connectivity index (χ4v) is 3.02. The average Bonchev–Trinajstić information content (AvgIpc) is 2.86. The van der Waals surface area contributed by atoms with Gasteiger partial charge in [-0.05, 0) is 49.2 Å². The topological polar surface area (TPSA) is 122 Å². The molecule has 0 aromatic heterocycles. The number of non-ortho nitro benzene ring substituents is 1. The number of carbonyl (C=O) groups excluding carboxylic acids is 3. The van der Waals surface area contributed by atoms with Gasteiger partial charge in [0.25, 0.3) is 11.6 Å². The fourth-order valence-electron chi connectivity index (χ4n) is 3.02. The molecule has 0 aliphatic carbocycles. The highest BCUT2D eigenvalue weighted by molar-refractivity contribution is 6.10. The normalized spacial score (nSPS) is 18.7. The van der Waals surface area contributed by atoms with Gasteiger partial charge >= 0.3 is 6.03 Å². The monoisotopic (exact) mass is 382 g/mol. The zero-order valence-corrected chi connectivity index (χ0v) is 15.3. The molecular weight excluding hydrogens is 364 g/mol. The highest BCUT2D eigenvalue weighted by atomic mass is 16.6. The Morgan fingerprint density at radius 2 is 1.89 bits per heavy atom. The van der Waals surface area contributed by atoms with Crippen LogP contribution < -0.4 is 10.6 Å². The third-order valence-corrected chi connectivity index (χ3v) is 4.53. The molecule has 1 heterocycles. The van der Waals surface area contributed by atoms with Crippen LogP contribution in [0, 0.1) is 17.0 Å². The van der Waals surface area contributed by atoms with E-state index in [1.807, 2.05) is 13.0 Å². The van der Waals surface area contributed by atoms with Crippen molar-refractivity contribution in [1.29, 1.82) is 0 Å². The predicted octanol–water partition coefficient (Wildman–Crippen LogP) is 2.31. The van der Waals surface area contributed by atoms with E-state index in [0.29, 0.717) is 11.3 Å². The first kappa shape index (κ1) is 19.0. The van der Waals surface area contributed by atoms with Crippen molar-refractivity contribution in [1.82, 2.24) is 10.2 Å². The van der Waals surface area contributed by atoms with E-state index in [2.05, 4.69) is 10.6 Å². The van der Waals surface area contributed by atoms with Crippen molar-refractivity contribution in [2.75, 3.05) is 11.9 Å². The van der Waals surface area contributed by atoms with Crippen LogP contribution in [-0.2, 0) is 15.1 Å². The summed E-state index contributed by atoms with van der Waals surface area (Å²) in [6.07, 6.45) is 0. The molecule has 1 saturated heterocycles. The number of nitro groups is 1. The Labute approximate surface area is 160 Å². The number of anilines is 1. The number of urea groups is 1. The Hall–Kier alpha value is -3.75. The Balaban J connectivity index is 1.75. The lowest BCUT2D eigenvalue weighted by molar-refractivity contribution is -0.384. The third-order valence-electron chi connectivity index (χ3n) is 4.53. The third kappa shape index (κ3) is 3.54. The molecule has 0 radical (unpaired) electrons. The quantitative estimate of drug-likeness (QED) is 0.467. The van der Waals surface area contributed by atoms with Crippen LogP contribution in [-0.4, -0.2) is 34.2 Å². The first-order valence-corrected chi connectivity index (χ1v) is 8.46. The summed E-state index contributed by atoms with van der Waals surface area (Å²) in [5.41, 5.74) is 0.376. The number of imide groups is 1. The molecule has 1 aliphatic rings. The minimum Gasteiger partial charge on any atom is -0.325 e. The van der Waals surface area contributed by atoms with Gasteiger partial charge in [-0.25, -0.2) is 4.79 Å². The van der Waals surface area contributed by atoms with Crippen LogP contribution in [0.5, 0.6) is 0 Å². The maximum Gasteiger partial charge on any atom is 0.325 e. The molecule has 3 rings (SSSR count). The molecular formula is C19H18N4O5. The zero-order chi connectivity index (χ0) is 20.5. The largest absolute Gasteiger partial charge is 0.325 e. The molecule has 0 bridgehead atoms. The van der Waals surface area contributed by atoms with Crippen LogP contribution in [0.1, 0.15) is 18.1 Å². The molecule has 9 nitrogen and oxygen atoms in total. The van der Waals surface area contributed by atoms with Crippen LogP contribution >= 0.6 is 0 Å². The van der Waals surface area contributed by atoms with E-state index in [4.69, 9.17) is 0 Å². The highest BCUT2D eigenvalue weighted by Crippen LogP contribution is 2.30. The number of amides is 4. The van der Waals surface area contributed by atoms with E-state index in [1.165, 1.54) is 31.2 Å². The number of carbonyl (C=O) groups is 3. The molecule has 0 saturated carbocycles. The van der Waals surface area contributed by atoms with Crippen LogP contribution in [0.3, 0.4) is 0 Å². The molecule has 0 unspecified atom stereocenters. The SMILES string of the molecule is Cc1cccc(NC(=O)CN2C(=O)N[C@](C)(c3ccc([N+](=O)[O-])cc3)C2=O)c1. The first-order valence-electron chi connectivity index (χ1n) is 8.46. The second-order valence-corrected chi connectivity index (χ2v) is 6.67. The lowest BCUT2D eigenvalue weighted by Crippen LogP contribution is -2.42. The second kappa shape index (κ2) is 7.10. The minimum atomic E-state index is -1.41. The maximum absolute atomic E-state index is 12.8. The Kier molecular flexibility index (Phi) is 4.83. The van der Waals surface area contributed by atoms with Crippen LogP contribution in [0.15, 0.2) is 48.5 Å². The molecule has 1 fully saturated rings. The summed E-state index contributed by atoms with van der Waals surface area (Å²) in [7, 11) is 0. The van der Waals surface area contributed by atoms with E-state index in [1.54, 1.807) is 18.2 Å². The molecule has 9 heteroatoms. The molecule has 144 valence electrons. The first-order chi connectivity index (χ1) is 13.2. The molecule has 0 spiro atoms. The van der Waals surface area contributed by atoms with E-state index in [0.717, 1.165) is 10.5 Å². The number of nitrogens with one attached hydrogen (secondary N) is 2. The van der Waals surface area contributed by atoms with Gasteiger partial charge in [0, 0.05) is 17.8 Å². The molecule has 2 aromatic rings. The van der Waals surface area contributed by atoms with Crippen molar-refractivity contribution in [3.8, 4) is 0 Å². The van der Waals surface area contributed by atoms with Crippen LogP contribution in [0.25, 0.3) is 0 Å². The fraction of sp³-hybridized carbons (Fsp3) is 0.211. The Bertz CT molecular complexity index is 973. The standard InChI is InChI=1S/C19H18N4O5/c1-12-4-3-5-14(10-12)20-16(24)11-22-17(25)19(2,21-18(22)26)13-6-8-15(9-7-13)23(27)28/h3-10H,11H2,1-2H3,(H,20,24)(H,21,26)/t19-/m1/s1. The van der Waals surface area contributed by atoms with Gasteiger partial charge < -0.3 is 10.6 Å². The molecule has 1 aliphatic heterocycles. The summed E-state index contributed by atoms with van der Waals surface area (Å²) in [6.45, 7) is 2.93. The van der Waals surface area contributed by atoms with Gasteiger partial charge in [-0.1, -0.05) is 12.1 Å². The van der Waals surface area contributed by atoms with Gasteiger partial charge in [0.15, 0.2) is 0 Å². The minimum absolute atomic E-state index is 0.126. The summed E-state index contributed by atoms with van der Waals surface area (Å²) < 4.78 is 0. The number of rotatable bonds is 5. The Morgan fingerprint density at radius 3 is 2.50 bits per heavy atom. The van der Waals surface area contributed by atoms with Gasteiger partial charge in [0.1, 0.15) is 12.1 Å². The van der Waals surface area contributed by atoms with E-state index >= 15 is 0 Å². The summed E-state index contributed by atoms with van der Waals surface area (Å²) >= 11 is 0. The molecule has 2 aromatic carbocycles. The van der Waals surface area contributed by atoms with Gasteiger partial charge in [-0.3, -0.25) is 24.6 Å². The van der Waals surface area contributed by atoms with E-state index < -0.39 is 34.9 Å². The molecule has 1 atom stereocenters. The summed E-state index contributed by atoms with van der Waals surface area (Å²) in [5.74, 6) is -1.12. The number of hydrogen-bond acceptors (Lipinski definition) is 5. The number of aryl methyl sites for hydroxylation is 1. The van der Waals surface area contributed by atoms with Crippen LogP contribution in [0.2, 0.25) is 0 Å². The average molecular weight is 382 g/mol. The molecule has 4 amide bonds. The predicted molar refractivity (Wildman–Crippen MR) is 101 cm³/mol. The van der Waals surface area contributed by atoms with Crippen molar-refractivity contribution in [3.63, 3.8) is 0 Å². The summed E-state index contributed by atoms with van der Waals surface area (Å²) in [4.78, 5) is 48.5. The lowest BCUT2D eigenvalue weighted by Gasteiger charge is -2.22. The summed E-state index contributed by atoms with van der Waals surface area (Å²) in [5, 5.41) is 16.0. The van der Waals surface area contributed by atoms with Gasteiger partial charge in [-0.2, -0.15) is 0 Å². The van der Waals surface area contributed by atoms with E-state index in [-0.39, 0.29) is 5.69 Å². The van der Waals surface area contributed by atoms with Crippen molar-refractivity contribution >= 4 is 29.2 Å². The summed E-state index contributed by atoms with van der Waals surface area (Å²) in [6, 6.07) is 11.8. The van der Waals surface area contributed by atoms with Crippen LogP contribution in [0.4, 0.5) is 16.2 Å². The lowest BCUT2D eigenvalue weighted by atomic mass is 9.92. The Morgan fingerprint density at radius 1 is 1.21 bits per heavy atom.